The maximum Gasteiger partial charge on any atom is 0.252 e. The molecule has 1 aliphatic rings. The summed E-state index contributed by atoms with van der Waals surface area (Å²) in [6, 6.07) is 17.6. The highest BCUT2D eigenvalue weighted by atomic mass is 32.2. The van der Waals surface area contributed by atoms with Crippen molar-refractivity contribution in [2.45, 2.75) is 44.0 Å². The summed E-state index contributed by atoms with van der Waals surface area (Å²) >= 11 is 0. The Labute approximate surface area is 205 Å². The molecule has 5 N–H and O–H groups in total. The van der Waals surface area contributed by atoms with Crippen LogP contribution in [0.15, 0.2) is 60.7 Å². The van der Waals surface area contributed by atoms with Gasteiger partial charge in [-0.25, -0.2) is 13.1 Å². The molecule has 8 nitrogen and oxygen atoms in total. The van der Waals surface area contributed by atoms with Crippen LogP contribution in [0.2, 0.25) is 0 Å². The number of fused-ring (bicyclic) bond motifs is 1. The SMILES string of the molecule is Cc1ccc(NC(=O)[C@H](CN)NS(=O)(=O)C2CC2)cc1C(=O)N[C@H](C)c1cccc2ccccc12. The van der Waals surface area contributed by atoms with Crippen LogP contribution >= 0.6 is 0 Å². The van der Waals surface area contributed by atoms with E-state index >= 15 is 0 Å². The summed E-state index contributed by atoms with van der Waals surface area (Å²) in [7, 11) is -3.57. The third-order valence-electron chi connectivity index (χ3n) is 6.21. The van der Waals surface area contributed by atoms with E-state index in [0.717, 1.165) is 21.9 Å². The van der Waals surface area contributed by atoms with Crippen molar-refractivity contribution in [3.63, 3.8) is 0 Å². The molecule has 2 amide bonds. The molecule has 9 heteroatoms. The minimum absolute atomic E-state index is 0.181. The minimum atomic E-state index is -3.57. The van der Waals surface area contributed by atoms with Crippen LogP contribution in [-0.2, 0) is 14.8 Å². The van der Waals surface area contributed by atoms with Gasteiger partial charge in [0.25, 0.3) is 5.91 Å². The van der Waals surface area contributed by atoms with Crippen molar-refractivity contribution in [3.05, 3.63) is 77.4 Å². The van der Waals surface area contributed by atoms with Crippen LogP contribution in [0.25, 0.3) is 10.8 Å². The van der Waals surface area contributed by atoms with Gasteiger partial charge >= 0.3 is 0 Å². The molecule has 3 aromatic carbocycles. The zero-order valence-corrected chi connectivity index (χ0v) is 20.6. The van der Waals surface area contributed by atoms with Crippen LogP contribution in [-0.4, -0.2) is 38.1 Å². The van der Waals surface area contributed by atoms with Gasteiger partial charge in [-0.2, -0.15) is 0 Å². The van der Waals surface area contributed by atoms with E-state index in [4.69, 9.17) is 5.73 Å². The first kappa shape index (κ1) is 24.8. The molecule has 0 heterocycles. The molecule has 0 spiro atoms. The molecule has 1 saturated carbocycles. The van der Waals surface area contributed by atoms with Crippen LogP contribution in [0.3, 0.4) is 0 Å². The number of nitrogens with two attached hydrogens (primary N) is 1. The summed E-state index contributed by atoms with van der Waals surface area (Å²) < 4.78 is 26.8. The lowest BCUT2D eigenvalue weighted by molar-refractivity contribution is -0.117. The van der Waals surface area contributed by atoms with E-state index in [2.05, 4.69) is 15.4 Å². The number of anilines is 1. The Morgan fingerprint density at radius 3 is 2.49 bits per heavy atom. The first-order chi connectivity index (χ1) is 16.7. The molecule has 0 aliphatic heterocycles. The third kappa shape index (κ3) is 5.70. The molecule has 1 fully saturated rings. The van der Waals surface area contributed by atoms with Crippen LogP contribution in [0.1, 0.15) is 47.3 Å². The highest BCUT2D eigenvalue weighted by Crippen LogP contribution is 2.28. The standard InChI is InChI=1S/C26H30N4O4S/c1-16-10-11-19(29-26(32)24(15-27)30-35(33,34)20-12-13-20)14-23(16)25(31)28-17(2)21-9-5-7-18-6-3-4-8-22(18)21/h3-11,14,17,20,24,30H,12-13,15,27H2,1-2H3,(H,28,31)(H,29,32)/t17-,24+/m1/s1. The number of hydrogen-bond donors (Lipinski definition) is 4. The van der Waals surface area contributed by atoms with Crippen molar-refractivity contribution in [1.29, 1.82) is 0 Å². The topological polar surface area (TPSA) is 130 Å². The van der Waals surface area contributed by atoms with Gasteiger partial charge in [-0.15, -0.1) is 0 Å². The summed E-state index contributed by atoms with van der Waals surface area (Å²) in [5.41, 5.74) is 8.20. The van der Waals surface area contributed by atoms with Crippen molar-refractivity contribution in [3.8, 4) is 0 Å². The van der Waals surface area contributed by atoms with Crippen molar-refractivity contribution >= 4 is 38.3 Å². The molecule has 0 radical (unpaired) electrons. The van der Waals surface area contributed by atoms with Crippen LogP contribution in [0, 0.1) is 6.92 Å². The molecule has 0 unspecified atom stereocenters. The van der Waals surface area contributed by atoms with Gasteiger partial charge in [0, 0.05) is 17.8 Å². The average molecular weight is 495 g/mol. The van der Waals surface area contributed by atoms with E-state index in [-0.39, 0.29) is 18.5 Å². The number of benzene rings is 3. The zero-order valence-electron chi connectivity index (χ0n) is 19.7. The first-order valence-electron chi connectivity index (χ1n) is 11.6. The number of nitrogens with one attached hydrogen (secondary N) is 3. The lowest BCUT2D eigenvalue weighted by atomic mass is 9.99. The van der Waals surface area contributed by atoms with E-state index in [1.54, 1.807) is 18.2 Å². The monoisotopic (exact) mass is 494 g/mol. The van der Waals surface area contributed by atoms with Gasteiger partial charge in [0.1, 0.15) is 6.04 Å². The van der Waals surface area contributed by atoms with Gasteiger partial charge in [-0.05, 0) is 60.7 Å². The normalized spacial score (nSPS) is 15.4. The molecule has 184 valence electrons. The number of hydrogen-bond acceptors (Lipinski definition) is 5. The van der Waals surface area contributed by atoms with E-state index in [1.165, 1.54) is 0 Å². The van der Waals surface area contributed by atoms with Gasteiger partial charge in [-0.3, -0.25) is 9.59 Å². The fourth-order valence-corrected chi connectivity index (χ4v) is 5.58. The Morgan fingerprint density at radius 1 is 1.06 bits per heavy atom. The average Bonchev–Trinajstić information content (AvgIpc) is 3.69. The Kier molecular flexibility index (Phi) is 7.20. The Bertz CT molecular complexity index is 1360. The van der Waals surface area contributed by atoms with Gasteiger partial charge in [0.2, 0.25) is 15.9 Å². The van der Waals surface area contributed by atoms with Gasteiger partial charge in [0.05, 0.1) is 11.3 Å². The first-order valence-corrected chi connectivity index (χ1v) is 13.2. The Hall–Kier alpha value is -3.27. The number of carbonyl (C=O) groups excluding carboxylic acids is 2. The Balaban J connectivity index is 1.48. The van der Waals surface area contributed by atoms with Crippen LogP contribution in [0.5, 0.6) is 0 Å². The van der Waals surface area contributed by atoms with E-state index < -0.39 is 27.2 Å². The van der Waals surface area contributed by atoms with Gasteiger partial charge < -0.3 is 16.4 Å². The van der Waals surface area contributed by atoms with Crippen molar-refractivity contribution in [2.75, 3.05) is 11.9 Å². The Morgan fingerprint density at radius 2 is 1.77 bits per heavy atom. The van der Waals surface area contributed by atoms with Crippen molar-refractivity contribution in [1.82, 2.24) is 10.0 Å². The van der Waals surface area contributed by atoms with Crippen molar-refractivity contribution in [2.24, 2.45) is 5.73 Å². The summed E-state index contributed by atoms with van der Waals surface area (Å²) in [4.78, 5) is 25.8. The maximum atomic E-state index is 13.1. The molecule has 1 aliphatic carbocycles. The van der Waals surface area contributed by atoms with Gasteiger partial charge in [0.15, 0.2) is 0 Å². The van der Waals surface area contributed by atoms with E-state index in [0.29, 0.717) is 24.1 Å². The van der Waals surface area contributed by atoms with E-state index in [1.807, 2.05) is 56.3 Å². The number of rotatable bonds is 9. The zero-order chi connectivity index (χ0) is 25.2. The highest BCUT2D eigenvalue weighted by Gasteiger charge is 2.38. The minimum Gasteiger partial charge on any atom is -0.345 e. The third-order valence-corrected chi connectivity index (χ3v) is 8.17. The predicted molar refractivity (Wildman–Crippen MR) is 138 cm³/mol. The second-order valence-electron chi connectivity index (χ2n) is 8.93. The lowest BCUT2D eigenvalue weighted by Crippen LogP contribution is -2.49. The molecule has 4 rings (SSSR count). The summed E-state index contributed by atoms with van der Waals surface area (Å²) in [5, 5.41) is 7.44. The molecule has 0 bridgehead atoms. The summed E-state index contributed by atoms with van der Waals surface area (Å²) in [6.45, 7) is 3.56. The van der Waals surface area contributed by atoms with Crippen LogP contribution < -0.4 is 21.1 Å². The smallest absolute Gasteiger partial charge is 0.252 e. The fourth-order valence-electron chi connectivity index (χ4n) is 4.04. The molecule has 0 aromatic heterocycles. The maximum absolute atomic E-state index is 13.1. The second-order valence-corrected chi connectivity index (χ2v) is 10.9. The fraction of sp³-hybridized carbons (Fsp3) is 0.308. The lowest BCUT2D eigenvalue weighted by Gasteiger charge is -2.19. The molecule has 0 saturated heterocycles. The molecule has 3 aromatic rings. The second kappa shape index (κ2) is 10.2. The molecule has 2 atom stereocenters. The summed E-state index contributed by atoms with van der Waals surface area (Å²) in [6.07, 6.45) is 1.17. The number of amides is 2. The number of carbonyl (C=O) groups is 2. The number of aryl methyl sites for hydroxylation is 1. The van der Waals surface area contributed by atoms with Crippen LogP contribution in [0.4, 0.5) is 5.69 Å². The summed E-state index contributed by atoms with van der Waals surface area (Å²) in [5.74, 6) is -0.847. The number of sulfonamides is 1. The largest absolute Gasteiger partial charge is 0.345 e. The molecule has 35 heavy (non-hydrogen) atoms. The highest BCUT2D eigenvalue weighted by molar-refractivity contribution is 7.90. The molecular weight excluding hydrogens is 464 g/mol. The predicted octanol–water partition coefficient (Wildman–Crippen LogP) is 2.99. The van der Waals surface area contributed by atoms with Gasteiger partial charge in [-0.1, -0.05) is 48.5 Å². The quantitative estimate of drug-likeness (QED) is 0.363. The van der Waals surface area contributed by atoms with E-state index in [9.17, 15) is 18.0 Å². The van der Waals surface area contributed by atoms with Crippen molar-refractivity contribution < 1.29 is 18.0 Å². The molecular formula is C26H30N4O4S.